The number of aliphatic hydroxyl groups is 1. The highest BCUT2D eigenvalue weighted by Gasteiger charge is 2.15. The van der Waals surface area contributed by atoms with Gasteiger partial charge >= 0.3 is 0 Å². The highest BCUT2D eigenvalue weighted by atomic mass is 16.6. The first kappa shape index (κ1) is 21.1. The van der Waals surface area contributed by atoms with Crippen molar-refractivity contribution in [3.05, 3.63) is 70.4 Å². The van der Waals surface area contributed by atoms with Crippen molar-refractivity contribution in [1.82, 2.24) is 15.0 Å². The Labute approximate surface area is 174 Å². The molecule has 3 N–H and O–H groups in total. The van der Waals surface area contributed by atoms with Gasteiger partial charge in [-0.3, -0.25) is 15.1 Å². The van der Waals surface area contributed by atoms with Gasteiger partial charge in [0.05, 0.1) is 29.0 Å². The number of benzene rings is 1. The Hall–Kier alpha value is -3.59. The van der Waals surface area contributed by atoms with E-state index in [1.165, 1.54) is 12.1 Å². The van der Waals surface area contributed by atoms with Crippen LogP contribution in [0.4, 0.5) is 17.5 Å². The monoisotopic (exact) mass is 408 g/mol. The topological polar surface area (TPSA) is 126 Å². The van der Waals surface area contributed by atoms with Gasteiger partial charge in [-0.25, -0.2) is 4.98 Å². The van der Waals surface area contributed by atoms with Crippen molar-refractivity contribution in [2.45, 2.75) is 26.4 Å². The van der Waals surface area contributed by atoms with Crippen molar-refractivity contribution in [1.29, 1.82) is 0 Å². The molecule has 2 heterocycles. The summed E-state index contributed by atoms with van der Waals surface area (Å²) in [4.78, 5) is 23.8. The van der Waals surface area contributed by atoms with E-state index in [2.05, 4.69) is 25.6 Å². The summed E-state index contributed by atoms with van der Waals surface area (Å²) in [5, 5.41) is 26.8. The van der Waals surface area contributed by atoms with Crippen LogP contribution in [-0.4, -0.2) is 37.6 Å². The normalized spacial score (nSPS) is 11.9. The third-order valence-corrected chi connectivity index (χ3v) is 4.59. The predicted molar refractivity (Wildman–Crippen MR) is 115 cm³/mol. The first-order chi connectivity index (χ1) is 14.5. The largest absolute Gasteiger partial charge is 0.394 e. The molecule has 3 aromatic rings. The molecule has 0 saturated heterocycles. The number of pyridine rings is 1. The zero-order valence-electron chi connectivity index (χ0n) is 16.8. The Balaban J connectivity index is 1.84. The maximum Gasteiger partial charge on any atom is 0.269 e. The molecule has 0 aliphatic heterocycles. The Bertz CT molecular complexity index is 980. The second kappa shape index (κ2) is 9.75. The molecule has 2 aromatic heterocycles. The highest BCUT2D eigenvalue weighted by molar-refractivity contribution is 5.61. The lowest BCUT2D eigenvalue weighted by atomic mass is 10.1. The number of nitrogens with one attached hydrogen (secondary N) is 2. The molecule has 0 spiro atoms. The lowest BCUT2D eigenvalue weighted by Gasteiger charge is -2.20. The van der Waals surface area contributed by atoms with Crippen LogP contribution in [0.5, 0.6) is 0 Å². The molecule has 0 saturated carbocycles. The minimum absolute atomic E-state index is 0.0413. The highest BCUT2D eigenvalue weighted by Crippen LogP contribution is 2.21. The van der Waals surface area contributed by atoms with Crippen molar-refractivity contribution in [3.63, 3.8) is 0 Å². The molecule has 156 valence electrons. The molecule has 0 unspecified atom stereocenters. The standard InChI is InChI=1S/C21H24N6O3/c1-14(2)19(13-28)25-21-24-18(17-5-3-4-10-22-17)11-20(26-21)23-12-15-6-8-16(9-7-15)27(29)30/h3-11,14,19,28H,12-13H2,1-2H3,(H2,23,24,25,26)/t19-/m1/s1. The van der Waals surface area contributed by atoms with Gasteiger partial charge in [-0.15, -0.1) is 0 Å². The maximum atomic E-state index is 10.8. The predicted octanol–water partition coefficient (Wildman–Crippen LogP) is 3.49. The molecule has 0 radical (unpaired) electrons. The zero-order valence-corrected chi connectivity index (χ0v) is 16.8. The van der Waals surface area contributed by atoms with Crippen LogP contribution in [0.15, 0.2) is 54.7 Å². The summed E-state index contributed by atoms with van der Waals surface area (Å²) >= 11 is 0. The van der Waals surface area contributed by atoms with E-state index < -0.39 is 4.92 Å². The summed E-state index contributed by atoms with van der Waals surface area (Å²) in [7, 11) is 0. The minimum atomic E-state index is -0.426. The van der Waals surface area contributed by atoms with E-state index in [4.69, 9.17) is 0 Å². The average molecular weight is 408 g/mol. The molecular formula is C21H24N6O3. The van der Waals surface area contributed by atoms with Crippen molar-refractivity contribution >= 4 is 17.5 Å². The molecule has 0 aliphatic carbocycles. The van der Waals surface area contributed by atoms with Gasteiger partial charge in [0, 0.05) is 30.9 Å². The molecule has 0 fully saturated rings. The smallest absolute Gasteiger partial charge is 0.269 e. The van der Waals surface area contributed by atoms with Crippen molar-refractivity contribution in [3.8, 4) is 11.4 Å². The number of hydrogen-bond donors (Lipinski definition) is 3. The number of aliphatic hydroxyl groups excluding tert-OH is 1. The molecule has 9 nitrogen and oxygen atoms in total. The Kier molecular flexibility index (Phi) is 6.87. The number of hydrogen-bond acceptors (Lipinski definition) is 8. The molecule has 1 aromatic carbocycles. The van der Waals surface area contributed by atoms with Crippen LogP contribution >= 0.6 is 0 Å². The number of nitro groups is 1. The average Bonchev–Trinajstić information content (AvgIpc) is 2.76. The quantitative estimate of drug-likeness (QED) is 0.363. The Morgan fingerprint density at radius 3 is 2.47 bits per heavy atom. The van der Waals surface area contributed by atoms with Gasteiger partial charge in [-0.2, -0.15) is 4.98 Å². The minimum Gasteiger partial charge on any atom is -0.394 e. The third-order valence-electron chi connectivity index (χ3n) is 4.59. The van der Waals surface area contributed by atoms with E-state index in [0.717, 1.165) is 5.56 Å². The van der Waals surface area contributed by atoms with Crippen LogP contribution in [-0.2, 0) is 6.54 Å². The van der Waals surface area contributed by atoms with Crippen LogP contribution in [0.2, 0.25) is 0 Å². The van der Waals surface area contributed by atoms with Crippen molar-refractivity contribution in [2.75, 3.05) is 17.2 Å². The van der Waals surface area contributed by atoms with E-state index in [1.54, 1.807) is 24.4 Å². The van der Waals surface area contributed by atoms with Gasteiger partial charge in [-0.1, -0.05) is 32.0 Å². The first-order valence-electron chi connectivity index (χ1n) is 9.61. The number of anilines is 2. The van der Waals surface area contributed by atoms with Crippen LogP contribution in [0.3, 0.4) is 0 Å². The van der Waals surface area contributed by atoms with Gasteiger partial charge in [0.15, 0.2) is 0 Å². The lowest BCUT2D eigenvalue weighted by Crippen LogP contribution is -2.30. The van der Waals surface area contributed by atoms with Gasteiger partial charge < -0.3 is 15.7 Å². The van der Waals surface area contributed by atoms with Crippen LogP contribution in [0.25, 0.3) is 11.4 Å². The third kappa shape index (κ3) is 5.48. The maximum absolute atomic E-state index is 10.8. The molecule has 0 amide bonds. The number of aromatic nitrogens is 3. The van der Waals surface area contributed by atoms with Gasteiger partial charge in [-0.05, 0) is 23.6 Å². The Morgan fingerprint density at radius 1 is 1.10 bits per heavy atom. The van der Waals surface area contributed by atoms with E-state index in [1.807, 2.05) is 32.0 Å². The van der Waals surface area contributed by atoms with Gasteiger partial charge in [0.2, 0.25) is 5.95 Å². The van der Waals surface area contributed by atoms with Crippen LogP contribution < -0.4 is 10.6 Å². The van der Waals surface area contributed by atoms with Crippen molar-refractivity contribution in [2.24, 2.45) is 5.92 Å². The number of nitrogens with zero attached hydrogens (tertiary/aromatic N) is 4. The number of non-ortho nitro benzene ring substituents is 1. The fourth-order valence-corrected chi connectivity index (χ4v) is 2.76. The molecule has 0 aliphatic rings. The summed E-state index contributed by atoms with van der Waals surface area (Å²) in [5.41, 5.74) is 2.27. The molecule has 0 bridgehead atoms. The number of rotatable bonds is 9. The lowest BCUT2D eigenvalue weighted by molar-refractivity contribution is -0.384. The van der Waals surface area contributed by atoms with Crippen LogP contribution in [0, 0.1) is 16.0 Å². The SMILES string of the molecule is CC(C)[C@@H](CO)Nc1nc(NCc2ccc([N+](=O)[O-])cc2)cc(-c2ccccn2)n1. The number of nitro benzene ring substituents is 1. The Morgan fingerprint density at radius 2 is 1.87 bits per heavy atom. The fourth-order valence-electron chi connectivity index (χ4n) is 2.76. The summed E-state index contributed by atoms with van der Waals surface area (Å²) in [6, 6.07) is 13.5. The van der Waals surface area contributed by atoms with E-state index >= 15 is 0 Å². The van der Waals surface area contributed by atoms with Crippen LogP contribution in [0.1, 0.15) is 19.4 Å². The second-order valence-corrected chi connectivity index (χ2v) is 7.13. The fraction of sp³-hybridized carbons (Fsp3) is 0.286. The molecule has 1 atom stereocenters. The van der Waals surface area contributed by atoms with Crippen molar-refractivity contribution < 1.29 is 10.0 Å². The van der Waals surface area contributed by atoms with E-state index in [0.29, 0.717) is 29.7 Å². The van der Waals surface area contributed by atoms with E-state index in [9.17, 15) is 15.2 Å². The van der Waals surface area contributed by atoms with Gasteiger partial charge in [0.1, 0.15) is 5.82 Å². The second-order valence-electron chi connectivity index (χ2n) is 7.13. The summed E-state index contributed by atoms with van der Waals surface area (Å²) in [6.07, 6.45) is 1.69. The zero-order chi connectivity index (χ0) is 21.5. The van der Waals surface area contributed by atoms with Gasteiger partial charge in [0.25, 0.3) is 5.69 Å². The summed E-state index contributed by atoms with van der Waals surface area (Å²) in [6.45, 7) is 4.40. The first-order valence-corrected chi connectivity index (χ1v) is 9.61. The van der Waals surface area contributed by atoms with E-state index in [-0.39, 0.29) is 24.3 Å². The molecule has 9 heteroatoms. The molecule has 30 heavy (non-hydrogen) atoms. The summed E-state index contributed by atoms with van der Waals surface area (Å²) in [5.74, 6) is 1.15. The molecule has 3 rings (SSSR count). The molecular weight excluding hydrogens is 384 g/mol. The summed E-state index contributed by atoms with van der Waals surface area (Å²) < 4.78 is 0.